The second-order valence-corrected chi connectivity index (χ2v) is 3.14. The van der Waals surface area contributed by atoms with Gasteiger partial charge in [0.1, 0.15) is 0 Å². The lowest BCUT2D eigenvalue weighted by Gasteiger charge is -2.24. The van der Waals surface area contributed by atoms with Gasteiger partial charge in [0.25, 0.3) is 0 Å². The summed E-state index contributed by atoms with van der Waals surface area (Å²) in [4.78, 5) is 20.6. The molecule has 0 heterocycles. The number of hydrogen-bond donors (Lipinski definition) is 3. The fraction of sp³-hybridized carbons (Fsp3) is 0.714. The molecule has 0 saturated heterocycles. The summed E-state index contributed by atoms with van der Waals surface area (Å²) < 4.78 is 0. The SMILES string of the molecule is CC(C)(C(=O)O)[C@H](O)CC(=O)O. The van der Waals surface area contributed by atoms with Crippen LogP contribution in [-0.2, 0) is 9.59 Å². The van der Waals surface area contributed by atoms with Crippen molar-refractivity contribution in [2.45, 2.75) is 26.4 Å². The maximum atomic E-state index is 10.5. The first kappa shape index (κ1) is 10.9. The lowest BCUT2D eigenvalue weighted by molar-refractivity contribution is -0.156. The fourth-order valence-corrected chi connectivity index (χ4v) is 0.563. The Morgan fingerprint density at radius 2 is 1.75 bits per heavy atom. The molecule has 0 radical (unpaired) electrons. The molecule has 0 aliphatic rings. The summed E-state index contributed by atoms with van der Waals surface area (Å²) in [6.07, 6.45) is -1.92. The molecule has 0 fully saturated rings. The summed E-state index contributed by atoms with van der Waals surface area (Å²) in [6, 6.07) is 0. The minimum Gasteiger partial charge on any atom is -0.481 e. The smallest absolute Gasteiger partial charge is 0.311 e. The molecule has 70 valence electrons. The van der Waals surface area contributed by atoms with Gasteiger partial charge < -0.3 is 15.3 Å². The van der Waals surface area contributed by atoms with E-state index in [1.807, 2.05) is 0 Å². The van der Waals surface area contributed by atoms with Crippen molar-refractivity contribution in [1.29, 1.82) is 0 Å². The van der Waals surface area contributed by atoms with Crippen LogP contribution in [0.1, 0.15) is 20.3 Å². The Hall–Kier alpha value is -1.10. The van der Waals surface area contributed by atoms with Crippen LogP contribution >= 0.6 is 0 Å². The normalized spacial score (nSPS) is 13.9. The van der Waals surface area contributed by atoms with Crippen LogP contribution in [0.2, 0.25) is 0 Å². The van der Waals surface area contributed by atoms with Crippen LogP contribution < -0.4 is 0 Å². The minimum absolute atomic E-state index is 0.556. The maximum absolute atomic E-state index is 10.5. The second-order valence-electron chi connectivity index (χ2n) is 3.14. The van der Waals surface area contributed by atoms with Crippen molar-refractivity contribution in [3.05, 3.63) is 0 Å². The summed E-state index contributed by atoms with van der Waals surface area (Å²) in [6.45, 7) is 2.56. The van der Waals surface area contributed by atoms with E-state index in [1.54, 1.807) is 0 Å². The van der Waals surface area contributed by atoms with Crippen LogP contribution in [0.15, 0.2) is 0 Å². The average Bonchev–Trinajstić information content (AvgIpc) is 1.85. The largest absolute Gasteiger partial charge is 0.481 e. The first-order chi connectivity index (χ1) is 5.28. The van der Waals surface area contributed by atoms with E-state index in [0.717, 1.165) is 0 Å². The van der Waals surface area contributed by atoms with Crippen LogP contribution in [0.25, 0.3) is 0 Å². The lowest BCUT2D eigenvalue weighted by Crippen LogP contribution is -2.38. The van der Waals surface area contributed by atoms with Crippen molar-refractivity contribution in [1.82, 2.24) is 0 Å². The lowest BCUT2D eigenvalue weighted by atomic mass is 9.85. The predicted molar refractivity (Wildman–Crippen MR) is 39.7 cm³/mol. The van der Waals surface area contributed by atoms with Gasteiger partial charge in [-0.25, -0.2) is 0 Å². The second kappa shape index (κ2) is 3.53. The Morgan fingerprint density at radius 3 is 2.00 bits per heavy atom. The Labute approximate surface area is 69.6 Å². The van der Waals surface area contributed by atoms with Gasteiger partial charge in [0, 0.05) is 0 Å². The van der Waals surface area contributed by atoms with Crippen molar-refractivity contribution in [2.24, 2.45) is 5.41 Å². The molecule has 0 aromatic rings. The van der Waals surface area contributed by atoms with Crippen molar-refractivity contribution in [3.8, 4) is 0 Å². The average molecular weight is 176 g/mol. The minimum atomic E-state index is -1.42. The molecule has 5 heteroatoms. The summed E-state index contributed by atoms with van der Waals surface area (Å²) in [7, 11) is 0. The highest BCUT2D eigenvalue weighted by Gasteiger charge is 2.36. The molecule has 0 aromatic carbocycles. The first-order valence-electron chi connectivity index (χ1n) is 3.41. The number of rotatable bonds is 4. The van der Waals surface area contributed by atoms with E-state index >= 15 is 0 Å². The molecule has 0 saturated carbocycles. The van der Waals surface area contributed by atoms with Gasteiger partial charge >= 0.3 is 11.9 Å². The standard InChI is InChI=1S/C7H12O5/c1-7(2,6(11)12)4(8)3-5(9)10/h4,8H,3H2,1-2H3,(H,9,10)(H,11,12)/t4-/m1/s1. The van der Waals surface area contributed by atoms with E-state index in [-0.39, 0.29) is 0 Å². The van der Waals surface area contributed by atoms with Gasteiger partial charge in [-0.05, 0) is 13.8 Å². The Kier molecular flexibility index (Phi) is 3.21. The van der Waals surface area contributed by atoms with Gasteiger partial charge in [0.05, 0.1) is 17.9 Å². The Balaban J connectivity index is 4.35. The van der Waals surface area contributed by atoms with Gasteiger partial charge in [0.15, 0.2) is 0 Å². The van der Waals surface area contributed by atoms with Gasteiger partial charge in [0.2, 0.25) is 0 Å². The zero-order chi connectivity index (χ0) is 9.94. The molecule has 3 N–H and O–H groups in total. The molecule has 0 aliphatic heterocycles. The number of hydrogen-bond acceptors (Lipinski definition) is 3. The Morgan fingerprint density at radius 1 is 1.33 bits per heavy atom. The molecule has 0 unspecified atom stereocenters. The molecule has 1 atom stereocenters. The van der Waals surface area contributed by atoms with Crippen LogP contribution in [0.5, 0.6) is 0 Å². The molecular weight excluding hydrogens is 164 g/mol. The monoisotopic (exact) mass is 176 g/mol. The van der Waals surface area contributed by atoms with Gasteiger partial charge in [-0.3, -0.25) is 9.59 Å². The molecule has 0 amide bonds. The zero-order valence-corrected chi connectivity index (χ0v) is 6.94. The summed E-state index contributed by atoms with van der Waals surface area (Å²) in [5.41, 5.74) is -1.42. The van der Waals surface area contributed by atoms with Crippen LogP contribution in [0, 0.1) is 5.41 Å². The molecule has 0 aliphatic carbocycles. The molecular formula is C7H12O5. The van der Waals surface area contributed by atoms with Crippen molar-refractivity contribution in [2.75, 3.05) is 0 Å². The van der Waals surface area contributed by atoms with Gasteiger partial charge in [-0.2, -0.15) is 0 Å². The number of aliphatic hydroxyl groups is 1. The summed E-state index contributed by atoms with van der Waals surface area (Å²) >= 11 is 0. The van der Waals surface area contributed by atoms with E-state index < -0.39 is 29.9 Å². The van der Waals surface area contributed by atoms with Crippen molar-refractivity contribution >= 4 is 11.9 Å². The van der Waals surface area contributed by atoms with Crippen molar-refractivity contribution < 1.29 is 24.9 Å². The third kappa shape index (κ3) is 2.50. The van der Waals surface area contributed by atoms with E-state index in [1.165, 1.54) is 13.8 Å². The molecule has 0 bridgehead atoms. The topological polar surface area (TPSA) is 94.8 Å². The molecule has 0 aromatic heterocycles. The number of carboxylic acid groups (broad SMARTS) is 2. The van der Waals surface area contributed by atoms with E-state index in [4.69, 9.17) is 15.3 Å². The molecule has 5 nitrogen and oxygen atoms in total. The van der Waals surface area contributed by atoms with E-state index in [0.29, 0.717) is 0 Å². The Bertz CT molecular complexity index is 196. The third-order valence-corrected chi connectivity index (χ3v) is 1.75. The molecule has 0 spiro atoms. The maximum Gasteiger partial charge on any atom is 0.311 e. The van der Waals surface area contributed by atoms with Crippen LogP contribution in [0.4, 0.5) is 0 Å². The summed E-state index contributed by atoms with van der Waals surface area (Å²) in [5.74, 6) is -2.42. The third-order valence-electron chi connectivity index (χ3n) is 1.75. The number of carboxylic acids is 2. The van der Waals surface area contributed by atoms with Crippen LogP contribution in [0.3, 0.4) is 0 Å². The highest BCUT2D eigenvalue weighted by molar-refractivity contribution is 5.76. The quantitative estimate of drug-likeness (QED) is 0.557. The molecule has 0 rings (SSSR count). The highest BCUT2D eigenvalue weighted by atomic mass is 16.4. The highest BCUT2D eigenvalue weighted by Crippen LogP contribution is 2.22. The van der Waals surface area contributed by atoms with Crippen LogP contribution in [-0.4, -0.2) is 33.4 Å². The van der Waals surface area contributed by atoms with E-state index in [2.05, 4.69) is 0 Å². The number of aliphatic carboxylic acids is 2. The van der Waals surface area contributed by atoms with Gasteiger partial charge in [-0.1, -0.05) is 0 Å². The summed E-state index contributed by atoms with van der Waals surface area (Å²) in [5, 5.41) is 26.0. The number of carbonyl (C=O) groups is 2. The van der Waals surface area contributed by atoms with Crippen molar-refractivity contribution in [3.63, 3.8) is 0 Å². The zero-order valence-electron chi connectivity index (χ0n) is 6.94. The predicted octanol–water partition coefficient (Wildman–Crippen LogP) is -0.0672. The molecule has 12 heavy (non-hydrogen) atoms. The van der Waals surface area contributed by atoms with E-state index in [9.17, 15) is 9.59 Å². The van der Waals surface area contributed by atoms with Gasteiger partial charge in [-0.15, -0.1) is 0 Å². The fourth-order valence-electron chi connectivity index (χ4n) is 0.563. The number of aliphatic hydroxyl groups excluding tert-OH is 1. The first-order valence-corrected chi connectivity index (χ1v) is 3.41.